The summed E-state index contributed by atoms with van der Waals surface area (Å²) in [6, 6.07) is 5.36. The fraction of sp³-hybridized carbons (Fsp3) is 0.188. The van der Waals surface area contributed by atoms with Crippen molar-refractivity contribution in [1.29, 1.82) is 0 Å². The molecular formula is C16H16F2N2O. The number of aryl methyl sites for hydroxylation is 3. The average Bonchev–Trinajstić information content (AvgIpc) is 2.40. The highest BCUT2D eigenvalue weighted by atomic mass is 19.1. The maximum atomic E-state index is 13.7. The normalized spacial score (nSPS) is 10.5. The van der Waals surface area contributed by atoms with Crippen LogP contribution in [-0.4, -0.2) is 5.91 Å². The van der Waals surface area contributed by atoms with Crippen molar-refractivity contribution >= 4 is 17.3 Å². The Balaban J connectivity index is 2.35. The number of amides is 1. The molecule has 3 nitrogen and oxygen atoms in total. The van der Waals surface area contributed by atoms with Crippen LogP contribution in [0.15, 0.2) is 24.3 Å². The molecular weight excluding hydrogens is 274 g/mol. The molecule has 2 aromatic carbocycles. The quantitative estimate of drug-likeness (QED) is 0.828. The van der Waals surface area contributed by atoms with E-state index in [-0.39, 0.29) is 11.1 Å². The molecule has 1 amide bonds. The van der Waals surface area contributed by atoms with E-state index in [9.17, 15) is 13.6 Å². The highest BCUT2D eigenvalue weighted by molar-refractivity contribution is 6.05. The molecule has 0 bridgehead atoms. The van der Waals surface area contributed by atoms with E-state index in [1.165, 1.54) is 13.0 Å². The third-order valence-corrected chi connectivity index (χ3v) is 3.35. The Kier molecular flexibility index (Phi) is 3.93. The van der Waals surface area contributed by atoms with Gasteiger partial charge in [0.2, 0.25) is 0 Å². The van der Waals surface area contributed by atoms with E-state index >= 15 is 0 Å². The summed E-state index contributed by atoms with van der Waals surface area (Å²) in [4.78, 5) is 12.1. The summed E-state index contributed by atoms with van der Waals surface area (Å²) in [6.45, 7) is 5.08. The molecule has 2 aromatic rings. The van der Waals surface area contributed by atoms with Crippen LogP contribution in [0.3, 0.4) is 0 Å². The van der Waals surface area contributed by atoms with Crippen molar-refractivity contribution in [2.24, 2.45) is 0 Å². The maximum Gasteiger partial charge on any atom is 0.258 e. The summed E-state index contributed by atoms with van der Waals surface area (Å²) in [5.74, 6) is -2.19. The Bertz CT molecular complexity index is 727. The Hall–Kier alpha value is -2.43. The molecule has 3 N–H and O–H groups in total. The largest absolute Gasteiger partial charge is 0.399 e. The molecule has 0 saturated carbocycles. The summed E-state index contributed by atoms with van der Waals surface area (Å²) < 4.78 is 26.9. The molecule has 5 heteroatoms. The van der Waals surface area contributed by atoms with Crippen molar-refractivity contribution in [2.45, 2.75) is 20.8 Å². The zero-order chi connectivity index (χ0) is 15.7. The Labute approximate surface area is 121 Å². The molecule has 0 aromatic heterocycles. The smallest absolute Gasteiger partial charge is 0.258 e. The van der Waals surface area contributed by atoms with E-state index < -0.39 is 17.5 Å². The summed E-state index contributed by atoms with van der Waals surface area (Å²) in [7, 11) is 0. The summed E-state index contributed by atoms with van der Waals surface area (Å²) in [5.41, 5.74) is 8.55. The Morgan fingerprint density at radius 3 is 2.29 bits per heavy atom. The third kappa shape index (κ3) is 3.02. The van der Waals surface area contributed by atoms with E-state index in [0.717, 1.165) is 11.1 Å². The van der Waals surface area contributed by atoms with Gasteiger partial charge in [-0.2, -0.15) is 0 Å². The number of carbonyl (C=O) groups excluding carboxylic acids is 1. The van der Waals surface area contributed by atoms with Crippen molar-refractivity contribution < 1.29 is 13.6 Å². The van der Waals surface area contributed by atoms with Crippen LogP contribution in [0.25, 0.3) is 0 Å². The van der Waals surface area contributed by atoms with Gasteiger partial charge in [0.15, 0.2) is 0 Å². The van der Waals surface area contributed by atoms with Crippen LogP contribution in [0.4, 0.5) is 20.2 Å². The van der Waals surface area contributed by atoms with Gasteiger partial charge in [-0.15, -0.1) is 0 Å². The Morgan fingerprint density at radius 1 is 0.952 bits per heavy atom. The van der Waals surface area contributed by atoms with Gasteiger partial charge in [-0.05, 0) is 55.7 Å². The maximum absolute atomic E-state index is 13.7. The van der Waals surface area contributed by atoms with Gasteiger partial charge in [0.25, 0.3) is 5.91 Å². The molecule has 110 valence electrons. The average molecular weight is 290 g/mol. The number of benzene rings is 2. The molecule has 0 saturated heterocycles. The van der Waals surface area contributed by atoms with E-state index in [4.69, 9.17) is 5.73 Å². The lowest BCUT2D eigenvalue weighted by Gasteiger charge is -2.12. The van der Waals surface area contributed by atoms with Crippen molar-refractivity contribution in [2.75, 3.05) is 11.1 Å². The predicted molar refractivity (Wildman–Crippen MR) is 79.4 cm³/mol. The zero-order valence-corrected chi connectivity index (χ0v) is 12.1. The second kappa shape index (κ2) is 5.52. The molecule has 21 heavy (non-hydrogen) atoms. The first kappa shape index (κ1) is 15.0. The fourth-order valence-electron chi connectivity index (χ4n) is 1.99. The number of nitrogen functional groups attached to an aromatic ring is 1. The predicted octanol–water partition coefficient (Wildman–Crippen LogP) is 3.72. The molecule has 0 radical (unpaired) electrons. The van der Waals surface area contributed by atoms with E-state index in [1.54, 1.807) is 19.1 Å². The summed E-state index contributed by atoms with van der Waals surface area (Å²) in [6.07, 6.45) is 0. The number of anilines is 2. The molecule has 0 fully saturated rings. The van der Waals surface area contributed by atoms with Crippen molar-refractivity contribution in [3.8, 4) is 0 Å². The van der Waals surface area contributed by atoms with Gasteiger partial charge in [-0.25, -0.2) is 8.78 Å². The van der Waals surface area contributed by atoms with Gasteiger partial charge in [0.1, 0.15) is 11.6 Å². The minimum atomic E-state index is -0.888. The van der Waals surface area contributed by atoms with Crippen LogP contribution in [0.1, 0.15) is 27.0 Å². The zero-order valence-electron chi connectivity index (χ0n) is 12.1. The van der Waals surface area contributed by atoms with Gasteiger partial charge < -0.3 is 11.1 Å². The molecule has 2 rings (SSSR count). The molecule has 0 spiro atoms. The highest BCUT2D eigenvalue weighted by Gasteiger charge is 2.15. The fourth-order valence-corrected chi connectivity index (χ4v) is 1.99. The number of rotatable bonds is 2. The van der Waals surface area contributed by atoms with E-state index in [2.05, 4.69) is 5.32 Å². The molecule has 0 atom stereocenters. The van der Waals surface area contributed by atoms with Gasteiger partial charge in [-0.1, -0.05) is 0 Å². The van der Waals surface area contributed by atoms with E-state index in [1.807, 2.05) is 6.92 Å². The van der Waals surface area contributed by atoms with Gasteiger partial charge in [-0.3, -0.25) is 4.79 Å². The number of nitrogens with one attached hydrogen (secondary N) is 1. The van der Waals surface area contributed by atoms with E-state index in [0.29, 0.717) is 17.4 Å². The van der Waals surface area contributed by atoms with Gasteiger partial charge in [0, 0.05) is 17.4 Å². The number of carbonyl (C=O) groups is 1. The van der Waals surface area contributed by atoms with Gasteiger partial charge in [0.05, 0.1) is 5.56 Å². The summed E-state index contributed by atoms with van der Waals surface area (Å²) >= 11 is 0. The van der Waals surface area contributed by atoms with Crippen molar-refractivity contribution in [3.05, 3.63) is 58.2 Å². The number of nitrogens with two attached hydrogens (primary N) is 1. The SMILES string of the molecule is Cc1cc(NC(=O)c2cc(C)c(F)cc2F)c(C)cc1N. The van der Waals surface area contributed by atoms with Gasteiger partial charge >= 0.3 is 0 Å². The standard InChI is InChI=1S/C16H16F2N2O/c1-8-4-11(13(18)7-12(8)17)16(21)20-15-6-9(2)14(19)5-10(15)3/h4-7H,19H2,1-3H3,(H,20,21). The monoisotopic (exact) mass is 290 g/mol. The summed E-state index contributed by atoms with van der Waals surface area (Å²) in [5, 5.41) is 2.63. The van der Waals surface area contributed by atoms with Crippen LogP contribution in [0.2, 0.25) is 0 Å². The van der Waals surface area contributed by atoms with Crippen LogP contribution < -0.4 is 11.1 Å². The minimum absolute atomic E-state index is 0.192. The first-order valence-corrected chi connectivity index (χ1v) is 6.43. The number of halogens is 2. The van der Waals surface area contributed by atoms with Crippen LogP contribution >= 0.6 is 0 Å². The lowest BCUT2D eigenvalue weighted by atomic mass is 10.1. The van der Waals surface area contributed by atoms with Crippen LogP contribution in [0, 0.1) is 32.4 Å². The van der Waals surface area contributed by atoms with Crippen molar-refractivity contribution in [3.63, 3.8) is 0 Å². The molecule has 0 unspecified atom stereocenters. The Morgan fingerprint density at radius 2 is 1.62 bits per heavy atom. The highest BCUT2D eigenvalue weighted by Crippen LogP contribution is 2.23. The lowest BCUT2D eigenvalue weighted by Crippen LogP contribution is -2.15. The second-order valence-corrected chi connectivity index (χ2v) is 5.06. The topological polar surface area (TPSA) is 55.1 Å². The number of hydrogen-bond acceptors (Lipinski definition) is 2. The molecule has 0 heterocycles. The first-order chi connectivity index (χ1) is 9.79. The molecule has 0 aliphatic heterocycles. The number of hydrogen-bond donors (Lipinski definition) is 2. The molecule has 0 aliphatic rings. The van der Waals surface area contributed by atoms with Crippen molar-refractivity contribution in [1.82, 2.24) is 0 Å². The third-order valence-electron chi connectivity index (χ3n) is 3.35. The van der Waals surface area contributed by atoms with Crippen LogP contribution in [0.5, 0.6) is 0 Å². The molecule has 0 aliphatic carbocycles. The van der Waals surface area contributed by atoms with Crippen LogP contribution in [-0.2, 0) is 0 Å². The minimum Gasteiger partial charge on any atom is -0.399 e. The lowest BCUT2D eigenvalue weighted by molar-refractivity contribution is 0.102. The second-order valence-electron chi connectivity index (χ2n) is 5.06. The first-order valence-electron chi connectivity index (χ1n) is 6.43.